The fraction of sp³-hybridized carbons (Fsp3) is 0.261. The van der Waals surface area contributed by atoms with Gasteiger partial charge in [0.2, 0.25) is 6.79 Å². The van der Waals surface area contributed by atoms with Crippen LogP contribution in [0.25, 0.3) is 22.5 Å². The van der Waals surface area contributed by atoms with Gasteiger partial charge in [0.1, 0.15) is 5.69 Å². The summed E-state index contributed by atoms with van der Waals surface area (Å²) in [6, 6.07) is 10.9. The molecule has 0 saturated carbocycles. The lowest BCUT2D eigenvalue weighted by molar-refractivity contribution is 0.0941. The van der Waals surface area contributed by atoms with Crippen molar-refractivity contribution < 1.29 is 18.7 Å². The third-order valence-corrected chi connectivity index (χ3v) is 5.32. The highest BCUT2D eigenvalue weighted by Crippen LogP contribution is 2.34. The van der Waals surface area contributed by atoms with E-state index in [1.54, 1.807) is 29.3 Å². The molecule has 3 aromatic heterocycles. The Morgan fingerprint density at radius 3 is 2.74 bits per heavy atom. The number of nitrogens with zero attached hydrogens (tertiary/aromatic N) is 3. The van der Waals surface area contributed by atoms with Crippen molar-refractivity contribution in [2.75, 3.05) is 6.79 Å². The Balaban J connectivity index is 1.51. The quantitative estimate of drug-likeness (QED) is 0.513. The lowest BCUT2D eigenvalue weighted by atomic mass is 10.1. The third kappa shape index (κ3) is 3.39. The lowest BCUT2D eigenvalue weighted by Crippen LogP contribution is -2.27. The van der Waals surface area contributed by atoms with Crippen LogP contribution in [-0.2, 0) is 0 Å². The largest absolute Gasteiger partial charge is 0.463 e. The molecular weight excluding hydrogens is 396 g/mol. The first-order chi connectivity index (χ1) is 15.0. The molecule has 1 unspecified atom stereocenters. The van der Waals surface area contributed by atoms with E-state index in [0.717, 1.165) is 5.56 Å². The second-order valence-electron chi connectivity index (χ2n) is 7.76. The molecule has 0 spiro atoms. The number of hydrogen-bond donors (Lipinski definition) is 1. The predicted octanol–water partition coefficient (Wildman–Crippen LogP) is 4.49. The molecular formula is C23H22N4O4. The maximum Gasteiger partial charge on any atom is 0.252 e. The Hall–Kier alpha value is -3.81. The summed E-state index contributed by atoms with van der Waals surface area (Å²) in [6.07, 6.45) is 3.27. The number of ether oxygens (including phenoxy) is 2. The van der Waals surface area contributed by atoms with Gasteiger partial charge in [-0.1, -0.05) is 6.07 Å². The van der Waals surface area contributed by atoms with Gasteiger partial charge in [-0.15, -0.1) is 0 Å². The zero-order valence-electron chi connectivity index (χ0n) is 17.5. The molecule has 31 heavy (non-hydrogen) atoms. The van der Waals surface area contributed by atoms with Crippen LogP contribution in [0.1, 0.15) is 48.8 Å². The molecule has 0 fully saturated rings. The second kappa shape index (κ2) is 7.46. The Bertz CT molecular complexity index is 1260. The molecule has 1 N–H and O–H groups in total. The van der Waals surface area contributed by atoms with Crippen LogP contribution >= 0.6 is 0 Å². The topological polar surface area (TPSA) is 91.4 Å². The summed E-state index contributed by atoms with van der Waals surface area (Å²) < 4.78 is 18.2. The molecule has 4 aromatic rings. The molecule has 1 aromatic carbocycles. The predicted molar refractivity (Wildman–Crippen MR) is 114 cm³/mol. The smallest absolute Gasteiger partial charge is 0.252 e. The summed E-state index contributed by atoms with van der Waals surface area (Å²) in [5.74, 6) is 1.77. The first kappa shape index (κ1) is 19.2. The summed E-state index contributed by atoms with van der Waals surface area (Å²) >= 11 is 0. The summed E-state index contributed by atoms with van der Waals surface area (Å²) in [6.45, 7) is 6.19. The highest BCUT2D eigenvalue weighted by molar-refractivity contribution is 6.06. The molecule has 1 aliphatic heterocycles. The van der Waals surface area contributed by atoms with Crippen LogP contribution in [0.5, 0.6) is 11.5 Å². The maximum atomic E-state index is 13.3. The maximum absolute atomic E-state index is 13.3. The number of benzene rings is 1. The van der Waals surface area contributed by atoms with Crippen LogP contribution in [0.15, 0.2) is 53.3 Å². The number of fused-ring (bicyclic) bond motifs is 2. The summed E-state index contributed by atoms with van der Waals surface area (Å²) in [4.78, 5) is 18.0. The fourth-order valence-electron chi connectivity index (χ4n) is 3.67. The van der Waals surface area contributed by atoms with E-state index in [0.29, 0.717) is 39.6 Å². The second-order valence-corrected chi connectivity index (χ2v) is 7.76. The molecule has 1 atom stereocenters. The minimum atomic E-state index is -0.238. The number of amides is 1. The van der Waals surface area contributed by atoms with Gasteiger partial charge in [-0.3, -0.25) is 4.79 Å². The fourth-order valence-corrected chi connectivity index (χ4v) is 3.67. The minimum Gasteiger partial charge on any atom is -0.463 e. The first-order valence-corrected chi connectivity index (χ1v) is 10.1. The molecule has 1 amide bonds. The summed E-state index contributed by atoms with van der Waals surface area (Å²) in [5, 5.41) is 8.22. The van der Waals surface area contributed by atoms with Gasteiger partial charge in [0.05, 0.1) is 29.5 Å². The van der Waals surface area contributed by atoms with Crippen LogP contribution in [-0.4, -0.2) is 27.5 Å². The Morgan fingerprint density at radius 2 is 1.97 bits per heavy atom. The van der Waals surface area contributed by atoms with Crippen molar-refractivity contribution >= 4 is 16.9 Å². The molecule has 8 nitrogen and oxygen atoms in total. The number of nitrogens with one attached hydrogen (secondary N) is 1. The van der Waals surface area contributed by atoms with Crippen molar-refractivity contribution in [3.05, 3.63) is 60.0 Å². The van der Waals surface area contributed by atoms with E-state index in [1.807, 2.05) is 45.0 Å². The Labute approximate surface area is 178 Å². The van der Waals surface area contributed by atoms with Gasteiger partial charge in [0.15, 0.2) is 22.9 Å². The van der Waals surface area contributed by atoms with Gasteiger partial charge in [-0.25, -0.2) is 9.67 Å². The molecule has 0 radical (unpaired) electrons. The van der Waals surface area contributed by atoms with Gasteiger partial charge >= 0.3 is 0 Å². The zero-order valence-corrected chi connectivity index (χ0v) is 17.5. The van der Waals surface area contributed by atoms with E-state index in [2.05, 4.69) is 10.4 Å². The molecule has 0 bridgehead atoms. The molecule has 158 valence electrons. The first-order valence-electron chi connectivity index (χ1n) is 10.1. The van der Waals surface area contributed by atoms with Crippen molar-refractivity contribution in [2.45, 2.75) is 32.9 Å². The van der Waals surface area contributed by atoms with Gasteiger partial charge < -0.3 is 19.2 Å². The molecule has 0 aliphatic carbocycles. The number of carbonyl (C=O) groups excluding carboxylic acids is 1. The minimum absolute atomic E-state index is 0.0975. The summed E-state index contributed by atoms with van der Waals surface area (Å²) in [7, 11) is 0. The van der Waals surface area contributed by atoms with E-state index in [4.69, 9.17) is 18.9 Å². The number of rotatable bonds is 5. The van der Waals surface area contributed by atoms with E-state index < -0.39 is 0 Å². The van der Waals surface area contributed by atoms with Crippen LogP contribution < -0.4 is 14.8 Å². The summed E-state index contributed by atoms with van der Waals surface area (Å²) in [5.41, 5.74) is 2.65. The number of pyridine rings is 1. The Morgan fingerprint density at radius 1 is 1.13 bits per heavy atom. The number of furan rings is 1. The van der Waals surface area contributed by atoms with Crippen molar-refractivity contribution in [3.8, 4) is 23.0 Å². The van der Waals surface area contributed by atoms with E-state index in [1.165, 1.54) is 0 Å². The normalized spacial score (nSPS) is 13.7. The van der Waals surface area contributed by atoms with Crippen LogP contribution in [0.3, 0.4) is 0 Å². The molecule has 1 aliphatic rings. The molecule has 0 saturated heterocycles. The molecule has 5 rings (SSSR count). The van der Waals surface area contributed by atoms with Gasteiger partial charge in [-0.2, -0.15) is 5.10 Å². The average Bonchev–Trinajstić information content (AvgIpc) is 3.52. The Kier molecular flexibility index (Phi) is 4.62. The van der Waals surface area contributed by atoms with Gasteiger partial charge in [-0.05, 0) is 56.7 Å². The van der Waals surface area contributed by atoms with Crippen molar-refractivity contribution in [3.63, 3.8) is 0 Å². The van der Waals surface area contributed by atoms with Crippen molar-refractivity contribution in [1.29, 1.82) is 0 Å². The standard InChI is InChI=1S/C23H22N4O4/c1-13(2)27-22-17(11-24-27)16(10-18(26-22)19-5-4-8-29-19)23(28)25-14(3)15-6-7-20-21(9-15)31-12-30-20/h4-11,13-14H,12H2,1-3H3,(H,25,28). The lowest BCUT2D eigenvalue weighted by Gasteiger charge is -2.16. The highest BCUT2D eigenvalue weighted by Gasteiger charge is 2.22. The van der Waals surface area contributed by atoms with E-state index >= 15 is 0 Å². The van der Waals surface area contributed by atoms with E-state index in [9.17, 15) is 4.79 Å². The third-order valence-electron chi connectivity index (χ3n) is 5.32. The molecule has 4 heterocycles. The monoisotopic (exact) mass is 418 g/mol. The number of hydrogen-bond acceptors (Lipinski definition) is 6. The van der Waals surface area contributed by atoms with Crippen molar-refractivity contribution in [1.82, 2.24) is 20.1 Å². The SMILES string of the molecule is CC(NC(=O)c1cc(-c2ccco2)nc2c1cnn2C(C)C)c1ccc2c(c1)OCO2. The molecule has 8 heteroatoms. The van der Waals surface area contributed by atoms with Crippen LogP contribution in [0, 0.1) is 0 Å². The zero-order chi connectivity index (χ0) is 21.5. The van der Waals surface area contributed by atoms with Crippen molar-refractivity contribution in [2.24, 2.45) is 0 Å². The van der Waals surface area contributed by atoms with Crippen LogP contribution in [0.4, 0.5) is 0 Å². The number of carbonyl (C=O) groups is 1. The van der Waals surface area contributed by atoms with E-state index in [-0.39, 0.29) is 24.8 Å². The van der Waals surface area contributed by atoms with Gasteiger partial charge in [0, 0.05) is 6.04 Å². The van der Waals surface area contributed by atoms with Gasteiger partial charge in [0.25, 0.3) is 5.91 Å². The van der Waals surface area contributed by atoms with Crippen LogP contribution in [0.2, 0.25) is 0 Å². The number of aromatic nitrogens is 3. The average molecular weight is 418 g/mol. The highest BCUT2D eigenvalue weighted by atomic mass is 16.7.